The third kappa shape index (κ3) is 3.39. The van der Waals surface area contributed by atoms with E-state index in [1.54, 1.807) is 0 Å². The van der Waals surface area contributed by atoms with Gasteiger partial charge in [0.15, 0.2) is 0 Å². The van der Waals surface area contributed by atoms with Crippen LogP contribution in [0.3, 0.4) is 0 Å². The van der Waals surface area contributed by atoms with Crippen LogP contribution < -0.4 is 0 Å². The first kappa shape index (κ1) is 19.2. The molecular weight excluding hydrogens is 376 g/mol. The lowest BCUT2D eigenvalue weighted by atomic mass is 9.73. The molecular formula is C18H25F2N3O3S. The van der Waals surface area contributed by atoms with Gasteiger partial charge in [-0.3, -0.25) is 9.88 Å². The summed E-state index contributed by atoms with van der Waals surface area (Å²) in [5.41, 5.74) is -0.268. The topological polar surface area (TPSA) is 62.7 Å². The summed E-state index contributed by atoms with van der Waals surface area (Å²) in [5.74, 6) is -3.09. The van der Waals surface area contributed by atoms with E-state index >= 15 is 0 Å². The second kappa shape index (κ2) is 6.43. The van der Waals surface area contributed by atoms with Crippen LogP contribution in [0.4, 0.5) is 8.78 Å². The molecule has 0 aliphatic carbocycles. The summed E-state index contributed by atoms with van der Waals surface area (Å²) in [4.78, 5) is 6.22. The van der Waals surface area contributed by atoms with Crippen LogP contribution in [0.1, 0.15) is 31.2 Å². The fraction of sp³-hybridized carbons (Fsp3) is 0.722. The minimum Gasteiger partial charge on any atom is -0.380 e. The molecule has 1 atom stereocenters. The van der Waals surface area contributed by atoms with Crippen LogP contribution in [0.5, 0.6) is 0 Å². The number of alkyl halides is 2. The Kier molecular flexibility index (Phi) is 4.57. The van der Waals surface area contributed by atoms with Crippen molar-refractivity contribution in [2.24, 2.45) is 5.41 Å². The van der Waals surface area contributed by atoms with Crippen molar-refractivity contribution in [3.05, 3.63) is 23.5 Å². The van der Waals surface area contributed by atoms with Crippen molar-refractivity contribution in [3.63, 3.8) is 0 Å². The van der Waals surface area contributed by atoms with Gasteiger partial charge < -0.3 is 4.74 Å². The number of aromatic nitrogens is 1. The van der Waals surface area contributed by atoms with Crippen molar-refractivity contribution in [1.29, 1.82) is 0 Å². The number of aryl methyl sites for hydroxylation is 1. The first-order valence-electron chi connectivity index (χ1n) is 9.29. The fourth-order valence-corrected chi connectivity index (χ4v) is 6.19. The molecule has 1 spiro atoms. The van der Waals surface area contributed by atoms with E-state index < -0.39 is 21.6 Å². The van der Waals surface area contributed by atoms with Crippen LogP contribution in [0.25, 0.3) is 0 Å². The molecule has 1 aromatic heterocycles. The van der Waals surface area contributed by atoms with Gasteiger partial charge >= 0.3 is 0 Å². The highest BCUT2D eigenvalue weighted by Crippen LogP contribution is 2.44. The molecule has 3 aliphatic rings. The number of rotatable bonds is 4. The summed E-state index contributed by atoms with van der Waals surface area (Å²) in [7, 11) is -3.70. The van der Waals surface area contributed by atoms with Crippen LogP contribution in [0.2, 0.25) is 0 Å². The molecule has 1 aromatic rings. The summed E-state index contributed by atoms with van der Waals surface area (Å²) in [6, 6.07) is 2.80. The number of sulfonamides is 1. The maximum absolute atomic E-state index is 13.4. The molecule has 3 fully saturated rings. The summed E-state index contributed by atoms with van der Waals surface area (Å²) in [6.07, 6.45) is 2.21. The zero-order valence-corrected chi connectivity index (χ0v) is 16.4. The summed E-state index contributed by atoms with van der Waals surface area (Å²) < 4.78 is 59.5. The first-order chi connectivity index (χ1) is 12.6. The standard InChI is InChI=1S/C18H25F2N3O3S/c1-13-15(5-6-16(21-13)17(2,19)20)27(24,25)23-11-18(12-23)9-22(10-18)14-4-3-7-26-8-14/h5-6,14H,3-4,7-12H2,1-2H3. The van der Waals surface area contributed by atoms with Gasteiger partial charge in [0.1, 0.15) is 10.6 Å². The molecule has 0 amide bonds. The molecule has 150 valence electrons. The van der Waals surface area contributed by atoms with Gasteiger partial charge in [-0.15, -0.1) is 0 Å². The van der Waals surface area contributed by atoms with E-state index in [9.17, 15) is 17.2 Å². The Bertz CT molecular complexity index is 821. The number of hydrogen-bond acceptors (Lipinski definition) is 5. The maximum atomic E-state index is 13.4. The van der Waals surface area contributed by atoms with Crippen molar-refractivity contribution < 1.29 is 21.9 Å². The highest BCUT2D eigenvalue weighted by Gasteiger charge is 2.56. The first-order valence-corrected chi connectivity index (χ1v) is 10.7. The SMILES string of the molecule is Cc1nc(C(C)(F)F)ccc1S(=O)(=O)N1CC2(CN(C3CCCOC3)C2)C1. The second-order valence-corrected chi connectivity index (χ2v) is 10.1. The zero-order valence-electron chi connectivity index (χ0n) is 15.6. The van der Waals surface area contributed by atoms with E-state index in [1.807, 2.05) is 0 Å². The predicted octanol–water partition coefficient (Wildman–Crippen LogP) is 1.99. The van der Waals surface area contributed by atoms with Gasteiger partial charge in [-0.05, 0) is 31.9 Å². The highest BCUT2D eigenvalue weighted by molar-refractivity contribution is 7.89. The molecule has 3 saturated heterocycles. The molecule has 4 heterocycles. The average Bonchev–Trinajstić information content (AvgIpc) is 2.52. The number of likely N-dealkylation sites (tertiary alicyclic amines) is 1. The van der Waals surface area contributed by atoms with E-state index in [1.165, 1.54) is 17.3 Å². The van der Waals surface area contributed by atoms with Crippen LogP contribution >= 0.6 is 0 Å². The third-order valence-corrected chi connectivity index (χ3v) is 7.78. The van der Waals surface area contributed by atoms with Gasteiger partial charge in [-0.1, -0.05) is 0 Å². The van der Waals surface area contributed by atoms with Crippen molar-refractivity contribution >= 4 is 10.0 Å². The third-order valence-electron chi connectivity index (χ3n) is 5.86. The Morgan fingerprint density at radius 1 is 1.26 bits per heavy atom. The molecule has 9 heteroatoms. The normalized spacial score (nSPS) is 26.6. The quantitative estimate of drug-likeness (QED) is 0.772. The molecule has 3 aliphatic heterocycles. The summed E-state index contributed by atoms with van der Waals surface area (Å²) >= 11 is 0. The Labute approximate surface area is 158 Å². The van der Waals surface area contributed by atoms with Crippen LogP contribution in [0.15, 0.2) is 17.0 Å². The lowest BCUT2D eigenvalue weighted by Crippen LogP contribution is -2.74. The molecule has 6 nitrogen and oxygen atoms in total. The molecule has 0 bridgehead atoms. The number of ether oxygens (including phenoxy) is 1. The fourth-order valence-electron chi connectivity index (χ4n) is 4.36. The monoisotopic (exact) mass is 401 g/mol. The van der Waals surface area contributed by atoms with Gasteiger partial charge in [0.05, 0.1) is 12.3 Å². The molecule has 0 saturated carbocycles. The number of hydrogen-bond donors (Lipinski definition) is 0. The Balaban J connectivity index is 1.40. The number of halogens is 2. The second-order valence-electron chi connectivity index (χ2n) is 8.22. The van der Waals surface area contributed by atoms with Gasteiger partial charge in [-0.2, -0.15) is 13.1 Å². The number of pyridine rings is 1. The van der Waals surface area contributed by atoms with Gasteiger partial charge in [0.2, 0.25) is 10.0 Å². The van der Waals surface area contributed by atoms with Crippen molar-refractivity contribution in [2.75, 3.05) is 39.4 Å². The van der Waals surface area contributed by atoms with Gasteiger partial charge in [0.25, 0.3) is 5.92 Å². The molecule has 1 unspecified atom stereocenters. The Morgan fingerprint density at radius 2 is 1.96 bits per heavy atom. The highest BCUT2D eigenvalue weighted by atomic mass is 32.2. The van der Waals surface area contributed by atoms with E-state index in [2.05, 4.69) is 9.88 Å². The number of nitrogens with zero attached hydrogens (tertiary/aromatic N) is 3. The van der Waals surface area contributed by atoms with E-state index in [0.29, 0.717) is 19.1 Å². The van der Waals surface area contributed by atoms with E-state index in [4.69, 9.17) is 4.74 Å². The molecule has 0 aromatic carbocycles. The minimum absolute atomic E-state index is 0.0159. The molecule has 0 N–H and O–H groups in total. The van der Waals surface area contributed by atoms with Crippen LogP contribution in [-0.4, -0.2) is 68.0 Å². The average molecular weight is 401 g/mol. The van der Waals surface area contributed by atoms with Gasteiger partial charge in [0, 0.05) is 51.2 Å². The Hall–Kier alpha value is -1.16. The predicted molar refractivity (Wildman–Crippen MR) is 95.1 cm³/mol. The van der Waals surface area contributed by atoms with Gasteiger partial charge in [-0.25, -0.2) is 8.42 Å². The summed E-state index contributed by atoms with van der Waals surface area (Å²) in [6.45, 7) is 6.55. The summed E-state index contributed by atoms with van der Waals surface area (Å²) in [5, 5.41) is 0. The molecule has 27 heavy (non-hydrogen) atoms. The van der Waals surface area contributed by atoms with Crippen LogP contribution in [0, 0.1) is 12.3 Å². The van der Waals surface area contributed by atoms with E-state index in [-0.39, 0.29) is 16.0 Å². The largest absolute Gasteiger partial charge is 0.380 e. The Morgan fingerprint density at radius 3 is 2.52 bits per heavy atom. The molecule has 0 radical (unpaired) electrons. The van der Waals surface area contributed by atoms with E-state index in [0.717, 1.165) is 52.1 Å². The minimum atomic E-state index is -3.70. The van der Waals surface area contributed by atoms with Crippen molar-refractivity contribution in [3.8, 4) is 0 Å². The lowest BCUT2D eigenvalue weighted by molar-refractivity contribution is -0.122. The van der Waals surface area contributed by atoms with Crippen molar-refractivity contribution in [2.45, 2.75) is 43.5 Å². The smallest absolute Gasteiger partial charge is 0.286 e. The zero-order chi connectivity index (χ0) is 19.4. The lowest BCUT2D eigenvalue weighted by Gasteiger charge is -2.61. The maximum Gasteiger partial charge on any atom is 0.286 e. The van der Waals surface area contributed by atoms with Crippen molar-refractivity contribution in [1.82, 2.24) is 14.2 Å². The van der Waals surface area contributed by atoms with Crippen LogP contribution in [-0.2, 0) is 20.7 Å². The molecule has 4 rings (SSSR count).